The van der Waals surface area contributed by atoms with Crippen LogP contribution in [-0.2, 0) is 4.84 Å². The van der Waals surface area contributed by atoms with Gasteiger partial charge in [-0.25, -0.2) is 4.84 Å². The standard InChI is InChI=1S/C7H10N2O.C6H6N2/c1-10-9-7-4-2-6(8)3-5-7;7-5-3-1-2-4-6(5)8/h2-5,9H,8H2,1H3;1-4,7-8H/p+1. The van der Waals surface area contributed by atoms with Gasteiger partial charge < -0.3 is 5.73 Å². The minimum absolute atomic E-state index is 0.285. The largest absolute Gasteiger partial charge is 0.399 e. The molecule has 1 aromatic carbocycles. The first-order chi connectivity index (χ1) is 8.63. The van der Waals surface area contributed by atoms with Crippen molar-refractivity contribution in [2.45, 2.75) is 0 Å². The van der Waals surface area contributed by atoms with E-state index in [-0.39, 0.29) is 11.4 Å². The van der Waals surface area contributed by atoms with Crippen molar-refractivity contribution in [1.29, 1.82) is 10.8 Å². The van der Waals surface area contributed by atoms with Crippen LogP contribution < -0.4 is 11.2 Å². The molecule has 5 nitrogen and oxygen atoms in total. The molecule has 0 aliphatic heterocycles. The van der Waals surface area contributed by atoms with Crippen LogP contribution in [-0.4, -0.2) is 18.5 Å². The highest BCUT2D eigenvalue weighted by atomic mass is 16.6. The summed E-state index contributed by atoms with van der Waals surface area (Å²) in [4.78, 5) is 4.80. The van der Waals surface area contributed by atoms with E-state index in [1.54, 1.807) is 36.9 Å². The molecule has 0 saturated carbocycles. The third kappa shape index (κ3) is 4.73. The van der Waals surface area contributed by atoms with E-state index < -0.39 is 0 Å². The molecule has 0 amide bonds. The van der Waals surface area contributed by atoms with Crippen molar-refractivity contribution in [3.63, 3.8) is 0 Å². The summed E-state index contributed by atoms with van der Waals surface area (Å²) in [7, 11) is 1.62. The number of hydrogen-bond acceptors (Lipinski definition) is 4. The number of rotatable bonds is 2. The SMILES string of the molecule is CO[NH2+]c1ccc(N)cc1.N=C1C=CC=CC1=N. The predicted molar refractivity (Wildman–Crippen MR) is 73.2 cm³/mol. The fourth-order valence-electron chi connectivity index (χ4n) is 1.19. The zero-order chi connectivity index (χ0) is 13.4. The Hall–Kier alpha value is -2.24. The van der Waals surface area contributed by atoms with E-state index in [9.17, 15) is 0 Å². The zero-order valence-corrected chi connectivity index (χ0v) is 10.2. The molecule has 1 aliphatic rings. The normalized spacial score (nSPS) is 13.2. The van der Waals surface area contributed by atoms with Crippen LogP contribution in [0.25, 0.3) is 0 Å². The molecule has 6 N–H and O–H groups in total. The second kappa shape index (κ2) is 7.16. The highest BCUT2D eigenvalue weighted by Crippen LogP contribution is 2.04. The van der Waals surface area contributed by atoms with E-state index in [4.69, 9.17) is 21.4 Å². The van der Waals surface area contributed by atoms with Gasteiger partial charge in [-0.05, 0) is 24.3 Å². The number of benzene rings is 1. The lowest BCUT2D eigenvalue weighted by Crippen LogP contribution is -2.75. The number of nitrogen functional groups attached to an aromatic ring is 1. The highest BCUT2D eigenvalue weighted by Gasteiger charge is 1.97. The lowest BCUT2D eigenvalue weighted by Gasteiger charge is -1.96. The fraction of sp³-hybridized carbons (Fsp3) is 0.0769. The molecule has 0 spiro atoms. The Balaban J connectivity index is 0.000000184. The molecule has 0 fully saturated rings. The molecule has 0 bridgehead atoms. The van der Waals surface area contributed by atoms with Gasteiger partial charge in [-0.3, -0.25) is 10.8 Å². The summed E-state index contributed by atoms with van der Waals surface area (Å²) in [6.07, 6.45) is 6.70. The van der Waals surface area contributed by atoms with Gasteiger partial charge >= 0.3 is 0 Å². The van der Waals surface area contributed by atoms with Crippen molar-refractivity contribution < 1.29 is 10.3 Å². The second-order valence-electron chi connectivity index (χ2n) is 3.57. The lowest BCUT2D eigenvalue weighted by atomic mass is 10.1. The topological polar surface area (TPSA) is 99.6 Å². The van der Waals surface area contributed by atoms with E-state index in [0.717, 1.165) is 11.4 Å². The van der Waals surface area contributed by atoms with E-state index in [1.807, 2.05) is 24.3 Å². The van der Waals surface area contributed by atoms with Crippen LogP contribution >= 0.6 is 0 Å². The predicted octanol–water partition coefficient (Wildman–Crippen LogP) is 1.18. The van der Waals surface area contributed by atoms with Gasteiger partial charge in [0.2, 0.25) is 0 Å². The monoisotopic (exact) mass is 245 g/mol. The van der Waals surface area contributed by atoms with Crippen molar-refractivity contribution >= 4 is 22.8 Å². The van der Waals surface area contributed by atoms with Crippen molar-refractivity contribution in [1.82, 2.24) is 0 Å². The van der Waals surface area contributed by atoms with Gasteiger partial charge in [0, 0.05) is 17.8 Å². The number of anilines is 1. The maximum absolute atomic E-state index is 7.03. The molecule has 94 valence electrons. The molecular weight excluding hydrogens is 228 g/mol. The van der Waals surface area contributed by atoms with Crippen LogP contribution in [0, 0.1) is 10.8 Å². The molecular formula is C13H17N4O+. The molecule has 0 saturated heterocycles. The Morgan fingerprint density at radius 1 is 1.00 bits per heavy atom. The third-order valence-corrected chi connectivity index (χ3v) is 2.12. The highest BCUT2D eigenvalue weighted by molar-refractivity contribution is 6.48. The molecule has 0 unspecified atom stereocenters. The van der Waals surface area contributed by atoms with E-state index in [1.165, 1.54) is 0 Å². The van der Waals surface area contributed by atoms with Gasteiger partial charge in [-0.1, -0.05) is 12.2 Å². The summed E-state index contributed by atoms with van der Waals surface area (Å²) < 4.78 is 0. The fourth-order valence-corrected chi connectivity index (χ4v) is 1.19. The molecule has 1 aliphatic carbocycles. The molecule has 0 heterocycles. The number of allylic oxidation sites excluding steroid dienone is 4. The average molecular weight is 245 g/mol. The maximum atomic E-state index is 7.03. The summed E-state index contributed by atoms with van der Waals surface area (Å²) in [5, 5.41) is 14.1. The summed E-state index contributed by atoms with van der Waals surface area (Å²) >= 11 is 0. The van der Waals surface area contributed by atoms with Crippen LogP contribution in [0.1, 0.15) is 0 Å². The summed E-state index contributed by atoms with van der Waals surface area (Å²) in [6.45, 7) is 0. The Kier molecular flexibility index (Phi) is 5.50. The van der Waals surface area contributed by atoms with E-state index in [2.05, 4.69) is 0 Å². The van der Waals surface area contributed by atoms with Crippen LogP contribution in [0.5, 0.6) is 0 Å². The van der Waals surface area contributed by atoms with Crippen LogP contribution in [0.2, 0.25) is 0 Å². The zero-order valence-electron chi connectivity index (χ0n) is 10.2. The molecule has 18 heavy (non-hydrogen) atoms. The quantitative estimate of drug-likeness (QED) is 0.357. The molecule has 5 heteroatoms. The van der Waals surface area contributed by atoms with Crippen molar-refractivity contribution in [3.8, 4) is 0 Å². The van der Waals surface area contributed by atoms with Crippen molar-refractivity contribution in [2.24, 2.45) is 0 Å². The van der Waals surface area contributed by atoms with E-state index >= 15 is 0 Å². The smallest absolute Gasteiger partial charge is 0.162 e. The number of nitrogens with one attached hydrogen (secondary N) is 2. The van der Waals surface area contributed by atoms with Crippen LogP contribution in [0.4, 0.5) is 11.4 Å². The van der Waals surface area contributed by atoms with Crippen molar-refractivity contribution in [2.75, 3.05) is 12.8 Å². The second-order valence-corrected chi connectivity index (χ2v) is 3.57. The Bertz CT molecular complexity index is 452. The lowest BCUT2D eigenvalue weighted by molar-refractivity contribution is -0.830. The molecule has 0 aromatic heterocycles. The Morgan fingerprint density at radius 2 is 1.50 bits per heavy atom. The number of hydrogen-bond donors (Lipinski definition) is 4. The van der Waals surface area contributed by atoms with Gasteiger partial charge in [-0.2, -0.15) is 5.48 Å². The molecule has 1 aromatic rings. The number of quaternary nitrogens is 1. The first-order valence-corrected chi connectivity index (χ1v) is 5.37. The number of nitrogens with two attached hydrogens (primary N) is 2. The first kappa shape index (κ1) is 13.8. The Labute approximate surface area is 106 Å². The average Bonchev–Trinajstić information content (AvgIpc) is 2.37. The minimum Gasteiger partial charge on any atom is -0.399 e. The van der Waals surface area contributed by atoms with Gasteiger partial charge in [0.15, 0.2) is 5.69 Å². The summed E-state index contributed by atoms with van der Waals surface area (Å²) in [6, 6.07) is 7.48. The van der Waals surface area contributed by atoms with E-state index in [0.29, 0.717) is 0 Å². The van der Waals surface area contributed by atoms with Gasteiger partial charge in [0.1, 0.15) is 0 Å². The van der Waals surface area contributed by atoms with Crippen LogP contribution in [0.15, 0.2) is 48.6 Å². The van der Waals surface area contributed by atoms with Crippen LogP contribution in [0.3, 0.4) is 0 Å². The van der Waals surface area contributed by atoms with Gasteiger partial charge in [0.25, 0.3) is 0 Å². The summed E-state index contributed by atoms with van der Waals surface area (Å²) in [5.41, 5.74) is 9.50. The third-order valence-electron chi connectivity index (χ3n) is 2.12. The maximum Gasteiger partial charge on any atom is 0.162 e. The molecule has 0 atom stereocenters. The minimum atomic E-state index is 0.285. The molecule has 0 radical (unpaired) electrons. The Morgan fingerprint density at radius 3 is 1.89 bits per heavy atom. The van der Waals surface area contributed by atoms with Gasteiger partial charge in [-0.15, -0.1) is 0 Å². The summed E-state index contributed by atoms with van der Waals surface area (Å²) in [5.74, 6) is 0. The molecule has 2 rings (SSSR count). The van der Waals surface area contributed by atoms with Crippen molar-refractivity contribution in [3.05, 3.63) is 48.6 Å². The van der Waals surface area contributed by atoms with Gasteiger partial charge in [0.05, 0.1) is 18.5 Å². The first-order valence-electron chi connectivity index (χ1n) is 5.37.